The standard InChI is InChI=1S/C13H15NO2/c1-8-4-5-9-10(6-8)12(15)7-11(13(9)16)14(2)3/h4-7,15-16H,1-3H3. The van der Waals surface area contributed by atoms with Crippen LogP contribution in [0.4, 0.5) is 5.69 Å². The number of fused-ring (bicyclic) bond motifs is 1. The molecule has 0 fully saturated rings. The highest BCUT2D eigenvalue weighted by molar-refractivity contribution is 5.98. The van der Waals surface area contributed by atoms with Crippen LogP contribution >= 0.6 is 0 Å². The average Bonchev–Trinajstić information content (AvgIpc) is 2.22. The molecular weight excluding hydrogens is 202 g/mol. The van der Waals surface area contributed by atoms with E-state index in [1.54, 1.807) is 11.0 Å². The van der Waals surface area contributed by atoms with Crippen LogP contribution in [0.5, 0.6) is 11.5 Å². The maximum atomic E-state index is 10.1. The minimum atomic E-state index is 0.195. The van der Waals surface area contributed by atoms with Crippen LogP contribution in [0.3, 0.4) is 0 Å². The summed E-state index contributed by atoms with van der Waals surface area (Å²) in [6.07, 6.45) is 0. The molecule has 0 saturated heterocycles. The molecule has 84 valence electrons. The van der Waals surface area contributed by atoms with E-state index in [1.807, 2.05) is 39.2 Å². The van der Waals surface area contributed by atoms with Crippen LogP contribution in [0.2, 0.25) is 0 Å². The monoisotopic (exact) mass is 217 g/mol. The van der Waals surface area contributed by atoms with Crippen LogP contribution in [0.15, 0.2) is 24.3 Å². The number of rotatable bonds is 1. The smallest absolute Gasteiger partial charge is 0.146 e. The Morgan fingerprint density at radius 3 is 2.31 bits per heavy atom. The first kappa shape index (κ1) is 10.6. The Bertz CT molecular complexity index is 547. The summed E-state index contributed by atoms with van der Waals surface area (Å²) in [6, 6.07) is 7.19. The van der Waals surface area contributed by atoms with E-state index in [0.717, 1.165) is 5.56 Å². The molecule has 0 saturated carbocycles. The van der Waals surface area contributed by atoms with Gasteiger partial charge in [-0.3, -0.25) is 0 Å². The molecule has 0 bridgehead atoms. The van der Waals surface area contributed by atoms with Crippen molar-refractivity contribution in [2.24, 2.45) is 0 Å². The first-order valence-corrected chi connectivity index (χ1v) is 5.13. The molecule has 0 aliphatic rings. The summed E-state index contributed by atoms with van der Waals surface area (Å²) in [5, 5.41) is 21.4. The molecule has 2 aromatic carbocycles. The van der Waals surface area contributed by atoms with Crippen molar-refractivity contribution in [3.05, 3.63) is 29.8 Å². The van der Waals surface area contributed by atoms with Gasteiger partial charge in [0.05, 0.1) is 5.69 Å². The second-order valence-electron chi connectivity index (χ2n) is 4.21. The molecule has 0 spiro atoms. The molecule has 0 radical (unpaired) electrons. The molecule has 3 heteroatoms. The molecule has 0 unspecified atom stereocenters. The molecule has 3 nitrogen and oxygen atoms in total. The number of phenolic OH excluding ortho intramolecular Hbond substituents is 2. The van der Waals surface area contributed by atoms with Crippen molar-refractivity contribution in [3.8, 4) is 11.5 Å². The Labute approximate surface area is 94.6 Å². The maximum absolute atomic E-state index is 10.1. The predicted molar refractivity (Wildman–Crippen MR) is 66.3 cm³/mol. The fraction of sp³-hybridized carbons (Fsp3) is 0.231. The summed E-state index contributed by atoms with van der Waals surface area (Å²) in [5.41, 5.74) is 1.67. The van der Waals surface area contributed by atoms with Gasteiger partial charge in [-0.15, -0.1) is 0 Å². The van der Waals surface area contributed by atoms with Crippen molar-refractivity contribution in [3.63, 3.8) is 0 Å². The third-order valence-electron chi connectivity index (χ3n) is 2.70. The van der Waals surface area contributed by atoms with E-state index in [1.165, 1.54) is 0 Å². The second kappa shape index (κ2) is 3.59. The van der Waals surface area contributed by atoms with Crippen molar-refractivity contribution in [1.82, 2.24) is 0 Å². The van der Waals surface area contributed by atoms with Gasteiger partial charge >= 0.3 is 0 Å². The summed E-state index contributed by atoms with van der Waals surface area (Å²) < 4.78 is 0. The summed E-state index contributed by atoms with van der Waals surface area (Å²) in [5.74, 6) is 0.401. The number of phenols is 2. The second-order valence-corrected chi connectivity index (χ2v) is 4.21. The highest BCUT2D eigenvalue weighted by atomic mass is 16.3. The predicted octanol–water partition coefficient (Wildman–Crippen LogP) is 2.63. The molecule has 16 heavy (non-hydrogen) atoms. The van der Waals surface area contributed by atoms with Gasteiger partial charge in [0.25, 0.3) is 0 Å². The van der Waals surface area contributed by atoms with E-state index >= 15 is 0 Å². The zero-order valence-electron chi connectivity index (χ0n) is 9.65. The van der Waals surface area contributed by atoms with E-state index in [2.05, 4.69) is 0 Å². The Hall–Kier alpha value is -1.90. The lowest BCUT2D eigenvalue weighted by molar-refractivity contribution is 0.470. The Morgan fingerprint density at radius 2 is 1.69 bits per heavy atom. The molecule has 2 N–H and O–H groups in total. The third-order valence-corrected chi connectivity index (χ3v) is 2.70. The number of benzene rings is 2. The van der Waals surface area contributed by atoms with Crippen molar-refractivity contribution in [1.29, 1.82) is 0 Å². The summed E-state index contributed by atoms with van der Waals surface area (Å²) in [4.78, 5) is 1.77. The molecule has 2 aromatic rings. The first-order chi connectivity index (χ1) is 7.50. The summed E-state index contributed by atoms with van der Waals surface area (Å²) in [7, 11) is 3.66. The molecule has 0 heterocycles. The van der Waals surface area contributed by atoms with Gasteiger partial charge in [-0.25, -0.2) is 0 Å². The average molecular weight is 217 g/mol. The maximum Gasteiger partial charge on any atom is 0.146 e. The number of nitrogens with zero attached hydrogens (tertiary/aromatic N) is 1. The van der Waals surface area contributed by atoms with Crippen LogP contribution in [-0.2, 0) is 0 Å². The van der Waals surface area contributed by atoms with Crippen LogP contribution in [0.25, 0.3) is 10.8 Å². The van der Waals surface area contributed by atoms with Crippen LogP contribution in [0, 0.1) is 6.92 Å². The van der Waals surface area contributed by atoms with Crippen molar-refractivity contribution >= 4 is 16.5 Å². The lowest BCUT2D eigenvalue weighted by Gasteiger charge is -2.16. The highest BCUT2D eigenvalue weighted by Gasteiger charge is 2.12. The van der Waals surface area contributed by atoms with E-state index in [4.69, 9.17) is 0 Å². The summed E-state index contributed by atoms with van der Waals surface area (Å²) in [6.45, 7) is 1.95. The SMILES string of the molecule is Cc1ccc2c(O)c(N(C)C)cc(O)c2c1. The van der Waals surface area contributed by atoms with E-state index in [0.29, 0.717) is 16.5 Å². The van der Waals surface area contributed by atoms with Gasteiger partial charge in [-0.2, -0.15) is 0 Å². The molecule has 0 aromatic heterocycles. The summed E-state index contributed by atoms with van der Waals surface area (Å²) >= 11 is 0. The first-order valence-electron chi connectivity index (χ1n) is 5.13. The van der Waals surface area contributed by atoms with Crippen molar-refractivity contribution < 1.29 is 10.2 Å². The van der Waals surface area contributed by atoms with E-state index in [-0.39, 0.29) is 11.5 Å². The highest BCUT2D eigenvalue weighted by Crippen LogP contribution is 2.40. The topological polar surface area (TPSA) is 43.7 Å². The minimum Gasteiger partial charge on any atom is -0.507 e. The van der Waals surface area contributed by atoms with Gasteiger partial charge in [0.15, 0.2) is 0 Å². The quantitative estimate of drug-likeness (QED) is 0.722. The van der Waals surface area contributed by atoms with Gasteiger partial charge < -0.3 is 15.1 Å². The fourth-order valence-electron chi connectivity index (χ4n) is 1.83. The van der Waals surface area contributed by atoms with E-state index < -0.39 is 0 Å². The fourth-order valence-corrected chi connectivity index (χ4v) is 1.83. The van der Waals surface area contributed by atoms with Gasteiger partial charge in [-0.05, 0) is 13.0 Å². The van der Waals surface area contributed by atoms with E-state index in [9.17, 15) is 10.2 Å². The molecule has 0 atom stereocenters. The van der Waals surface area contributed by atoms with Gasteiger partial charge in [0.2, 0.25) is 0 Å². The number of anilines is 1. The van der Waals surface area contributed by atoms with Crippen LogP contribution < -0.4 is 4.90 Å². The van der Waals surface area contributed by atoms with Crippen molar-refractivity contribution in [2.45, 2.75) is 6.92 Å². The zero-order valence-corrected chi connectivity index (χ0v) is 9.65. The third kappa shape index (κ3) is 1.54. The number of hydrogen-bond donors (Lipinski definition) is 2. The molecule has 0 aliphatic carbocycles. The largest absolute Gasteiger partial charge is 0.507 e. The zero-order chi connectivity index (χ0) is 11.9. The Balaban J connectivity index is 2.84. The molecular formula is C13H15NO2. The van der Waals surface area contributed by atoms with Gasteiger partial charge in [0.1, 0.15) is 11.5 Å². The Kier molecular flexibility index (Phi) is 2.38. The Morgan fingerprint density at radius 1 is 1.00 bits per heavy atom. The van der Waals surface area contributed by atoms with Gasteiger partial charge in [0, 0.05) is 30.9 Å². The lowest BCUT2D eigenvalue weighted by Crippen LogP contribution is -2.08. The number of hydrogen-bond acceptors (Lipinski definition) is 3. The number of aromatic hydroxyl groups is 2. The molecule has 0 amide bonds. The normalized spacial score (nSPS) is 10.7. The molecule has 2 rings (SSSR count). The minimum absolute atomic E-state index is 0.195. The lowest BCUT2D eigenvalue weighted by atomic mass is 10.0. The van der Waals surface area contributed by atoms with Crippen LogP contribution in [-0.4, -0.2) is 24.3 Å². The number of aryl methyl sites for hydroxylation is 1. The van der Waals surface area contributed by atoms with Crippen molar-refractivity contribution in [2.75, 3.05) is 19.0 Å². The van der Waals surface area contributed by atoms with Gasteiger partial charge in [-0.1, -0.05) is 17.7 Å². The van der Waals surface area contributed by atoms with Crippen LogP contribution in [0.1, 0.15) is 5.56 Å². The molecule has 0 aliphatic heterocycles.